The summed E-state index contributed by atoms with van der Waals surface area (Å²) in [5, 5.41) is 9.33. The molecule has 0 aromatic rings. The van der Waals surface area contributed by atoms with E-state index in [-0.39, 0.29) is 0 Å². The van der Waals surface area contributed by atoms with Crippen LogP contribution in [0.4, 0.5) is 0 Å². The molecule has 1 fully saturated rings. The van der Waals surface area contributed by atoms with Crippen LogP contribution in [0.5, 0.6) is 0 Å². The molecular weight excluding hydrogens is 172 g/mol. The third-order valence-electron chi connectivity index (χ3n) is 3.63. The lowest BCUT2D eigenvalue weighted by Gasteiger charge is -2.34. The van der Waals surface area contributed by atoms with Crippen molar-refractivity contribution in [3.05, 3.63) is 24.3 Å². The zero-order valence-electron chi connectivity index (χ0n) is 8.73. The van der Waals surface area contributed by atoms with E-state index in [0.29, 0.717) is 24.4 Å². The van der Waals surface area contributed by atoms with E-state index in [0.717, 1.165) is 6.42 Å². The average Bonchev–Trinajstić information content (AvgIpc) is 2.18. The van der Waals surface area contributed by atoms with Gasteiger partial charge in [-0.05, 0) is 43.4 Å². The third-order valence-corrected chi connectivity index (χ3v) is 3.63. The van der Waals surface area contributed by atoms with Crippen LogP contribution < -0.4 is 0 Å². The molecule has 78 valence electrons. The van der Waals surface area contributed by atoms with Crippen LogP contribution in [-0.4, -0.2) is 11.7 Å². The van der Waals surface area contributed by atoms with Gasteiger partial charge in [-0.2, -0.15) is 0 Å². The Morgan fingerprint density at radius 1 is 1.07 bits per heavy atom. The molecule has 0 radical (unpaired) electrons. The van der Waals surface area contributed by atoms with Crippen LogP contribution in [-0.2, 0) is 0 Å². The lowest BCUT2D eigenvalue weighted by atomic mass is 9.71. The molecule has 2 rings (SSSR count). The number of fused-ring (bicyclic) bond motifs is 1. The summed E-state index contributed by atoms with van der Waals surface area (Å²) >= 11 is 0. The summed E-state index contributed by atoms with van der Waals surface area (Å²) < 4.78 is 0. The molecule has 0 aromatic carbocycles. The molecule has 14 heavy (non-hydrogen) atoms. The first-order valence-corrected chi connectivity index (χ1v) is 5.86. The Balaban J connectivity index is 2.12. The second-order valence-corrected chi connectivity index (χ2v) is 4.55. The molecule has 1 heteroatoms. The molecule has 0 amide bonds. The van der Waals surface area contributed by atoms with Crippen molar-refractivity contribution in [3.63, 3.8) is 0 Å². The van der Waals surface area contributed by atoms with Crippen molar-refractivity contribution in [2.45, 2.75) is 32.1 Å². The molecule has 1 N–H and O–H groups in total. The maximum Gasteiger partial charge on any atom is 0.0465 e. The van der Waals surface area contributed by atoms with Crippen LogP contribution in [0.25, 0.3) is 0 Å². The van der Waals surface area contributed by atoms with Gasteiger partial charge >= 0.3 is 0 Å². The summed E-state index contributed by atoms with van der Waals surface area (Å²) in [5.41, 5.74) is 0. The van der Waals surface area contributed by atoms with E-state index in [1.807, 2.05) is 0 Å². The quantitative estimate of drug-likeness (QED) is 0.633. The van der Waals surface area contributed by atoms with Crippen LogP contribution in [0.15, 0.2) is 24.3 Å². The fourth-order valence-electron chi connectivity index (χ4n) is 2.80. The van der Waals surface area contributed by atoms with E-state index in [1.54, 1.807) is 0 Å². The molecule has 2 aliphatic rings. The van der Waals surface area contributed by atoms with Gasteiger partial charge in [-0.25, -0.2) is 0 Å². The smallest absolute Gasteiger partial charge is 0.0465 e. The van der Waals surface area contributed by atoms with E-state index in [9.17, 15) is 5.11 Å². The predicted molar refractivity (Wildman–Crippen MR) is 58.9 cm³/mol. The van der Waals surface area contributed by atoms with Crippen molar-refractivity contribution in [1.29, 1.82) is 0 Å². The first kappa shape index (κ1) is 9.97. The van der Waals surface area contributed by atoms with Gasteiger partial charge in [0.25, 0.3) is 0 Å². The standard InChI is InChI=1S/C13H20O/c14-10-12-8-5-7-11-6-3-1-2-4-9-13(11)12/h3-4,6,9,11-14H,1-2,5,7-8,10H2/b6-3-,9-4-/t11-,12-,13+/m1/s1. The van der Waals surface area contributed by atoms with Gasteiger partial charge in [0.15, 0.2) is 0 Å². The molecule has 0 saturated heterocycles. The summed E-state index contributed by atoms with van der Waals surface area (Å²) in [6.45, 7) is 0.360. The fourth-order valence-corrected chi connectivity index (χ4v) is 2.80. The molecule has 0 aromatic heterocycles. The van der Waals surface area contributed by atoms with Crippen molar-refractivity contribution < 1.29 is 5.11 Å². The molecule has 0 unspecified atom stereocenters. The van der Waals surface area contributed by atoms with E-state index >= 15 is 0 Å². The minimum Gasteiger partial charge on any atom is -0.396 e. The molecule has 1 saturated carbocycles. The Kier molecular flexibility index (Phi) is 3.41. The summed E-state index contributed by atoms with van der Waals surface area (Å²) in [6.07, 6.45) is 15.5. The summed E-state index contributed by atoms with van der Waals surface area (Å²) in [6, 6.07) is 0. The van der Waals surface area contributed by atoms with Gasteiger partial charge in [-0.15, -0.1) is 0 Å². The van der Waals surface area contributed by atoms with Crippen molar-refractivity contribution in [1.82, 2.24) is 0 Å². The Bertz CT molecular complexity index is 229. The second kappa shape index (κ2) is 4.79. The van der Waals surface area contributed by atoms with Gasteiger partial charge in [-0.3, -0.25) is 0 Å². The molecule has 0 bridgehead atoms. The number of hydrogen-bond donors (Lipinski definition) is 1. The van der Waals surface area contributed by atoms with Gasteiger partial charge in [0.1, 0.15) is 0 Å². The maximum absolute atomic E-state index is 9.33. The molecule has 0 spiro atoms. The monoisotopic (exact) mass is 192 g/mol. The van der Waals surface area contributed by atoms with Gasteiger partial charge in [-0.1, -0.05) is 30.7 Å². The molecule has 3 atom stereocenters. The highest BCUT2D eigenvalue weighted by atomic mass is 16.3. The van der Waals surface area contributed by atoms with E-state index in [1.165, 1.54) is 25.7 Å². The van der Waals surface area contributed by atoms with Crippen LogP contribution >= 0.6 is 0 Å². The zero-order valence-corrected chi connectivity index (χ0v) is 8.73. The Morgan fingerprint density at radius 2 is 1.86 bits per heavy atom. The van der Waals surface area contributed by atoms with E-state index < -0.39 is 0 Å². The summed E-state index contributed by atoms with van der Waals surface area (Å²) in [7, 11) is 0. The predicted octanol–water partition coefficient (Wildman–Crippen LogP) is 2.92. The SMILES string of the molecule is OC[C@H]1CCC[C@H]2/C=C\CC/C=C\[C@H]12. The van der Waals surface area contributed by atoms with Crippen molar-refractivity contribution in [2.24, 2.45) is 17.8 Å². The topological polar surface area (TPSA) is 20.2 Å². The molecule has 1 nitrogen and oxygen atoms in total. The normalized spacial score (nSPS) is 41.9. The average molecular weight is 192 g/mol. The van der Waals surface area contributed by atoms with E-state index in [4.69, 9.17) is 0 Å². The molecular formula is C13H20O. The summed E-state index contributed by atoms with van der Waals surface area (Å²) in [4.78, 5) is 0. The lowest BCUT2D eigenvalue weighted by Crippen LogP contribution is -2.28. The number of hydrogen-bond acceptors (Lipinski definition) is 1. The maximum atomic E-state index is 9.33. The first-order chi connectivity index (χ1) is 6.92. The van der Waals surface area contributed by atoms with Crippen LogP contribution in [0.3, 0.4) is 0 Å². The molecule has 0 heterocycles. The Morgan fingerprint density at radius 3 is 2.64 bits per heavy atom. The number of rotatable bonds is 1. The number of aliphatic hydroxyl groups excluding tert-OH is 1. The lowest BCUT2D eigenvalue weighted by molar-refractivity contribution is 0.134. The number of allylic oxidation sites excluding steroid dienone is 4. The van der Waals surface area contributed by atoms with Crippen LogP contribution in [0, 0.1) is 17.8 Å². The van der Waals surface area contributed by atoms with Crippen LogP contribution in [0.1, 0.15) is 32.1 Å². The second-order valence-electron chi connectivity index (χ2n) is 4.55. The van der Waals surface area contributed by atoms with Gasteiger partial charge in [0.2, 0.25) is 0 Å². The highest BCUT2D eigenvalue weighted by Gasteiger charge is 2.29. The Labute approximate surface area is 86.5 Å². The van der Waals surface area contributed by atoms with Crippen molar-refractivity contribution in [3.8, 4) is 0 Å². The molecule has 0 aliphatic heterocycles. The number of aliphatic hydroxyl groups is 1. The van der Waals surface area contributed by atoms with Crippen molar-refractivity contribution >= 4 is 0 Å². The fraction of sp³-hybridized carbons (Fsp3) is 0.692. The highest BCUT2D eigenvalue weighted by Crippen LogP contribution is 2.37. The van der Waals surface area contributed by atoms with Crippen LogP contribution in [0.2, 0.25) is 0 Å². The van der Waals surface area contributed by atoms with Gasteiger partial charge < -0.3 is 5.11 Å². The Hall–Kier alpha value is -0.560. The van der Waals surface area contributed by atoms with Gasteiger partial charge in [0.05, 0.1) is 0 Å². The minimum atomic E-state index is 0.360. The summed E-state index contributed by atoms with van der Waals surface area (Å²) in [5.74, 6) is 1.80. The first-order valence-electron chi connectivity index (χ1n) is 5.86. The highest BCUT2D eigenvalue weighted by molar-refractivity contribution is 5.06. The minimum absolute atomic E-state index is 0.360. The van der Waals surface area contributed by atoms with Gasteiger partial charge in [0, 0.05) is 6.61 Å². The third kappa shape index (κ3) is 2.09. The van der Waals surface area contributed by atoms with E-state index in [2.05, 4.69) is 24.3 Å². The zero-order chi connectivity index (χ0) is 9.80. The van der Waals surface area contributed by atoms with Crippen molar-refractivity contribution in [2.75, 3.05) is 6.61 Å². The molecule has 2 aliphatic carbocycles. The largest absolute Gasteiger partial charge is 0.396 e.